The molecule has 0 unspecified atom stereocenters. The molecule has 0 radical (unpaired) electrons. The molecular formula is C10H15NO2S2. The number of anilines is 1. The average Bonchev–Trinajstić information content (AvgIpc) is 2.17. The van der Waals surface area contributed by atoms with Crippen LogP contribution in [0.15, 0.2) is 29.2 Å². The molecule has 1 aromatic rings. The lowest BCUT2D eigenvalue weighted by Crippen LogP contribution is -2.25. The topological polar surface area (TPSA) is 37.4 Å². The quantitative estimate of drug-likeness (QED) is 0.763. The molecule has 0 fully saturated rings. The zero-order chi connectivity index (χ0) is 11.5. The van der Waals surface area contributed by atoms with E-state index in [4.69, 9.17) is 0 Å². The van der Waals surface area contributed by atoms with Gasteiger partial charge in [-0.3, -0.25) is 4.31 Å². The summed E-state index contributed by atoms with van der Waals surface area (Å²) in [5.41, 5.74) is 0.742. The van der Waals surface area contributed by atoms with Crippen LogP contribution in [0.5, 0.6) is 0 Å². The summed E-state index contributed by atoms with van der Waals surface area (Å²) in [6, 6.07) is 7.51. The van der Waals surface area contributed by atoms with Crippen molar-refractivity contribution in [3.05, 3.63) is 24.3 Å². The molecule has 0 saturated heterocycles. The molecule has 0 aliphatic rings. The third-order valence-electron chi connectivity index (χ3n) is 2.00. The van der Waals surface area contributed by atoms with E-state index in [0.29, 0.717) is 0 Å². The van der Waals surface area contributed by atoms with Gasteiger partial charge in [-0.1, -0.05) is 19.1 Å². The standard InChI is InChI=1S/C10H15NO2S2/c1-4-14-10-8-6-5-7-9(10)11(2)15(3,12)13/h5-8H,4H2,1-3H3. The molecule has 0 aliphatic heterocycles. The van der Waals surface area contributed by atoms with Crippen molar-refractivity contribution in [2.75, 3.05) is 23.4 Å². The van der Waals surface area contributed by atoms with Gasteiger partial charge in [0.05, 0.1) is 11.9 Å². The highest BCUT2D eigenvalue weighted by atomic mass is 32.2. The maximum absolute atomic E-state index is 11.4. The Balaban J connectivity index is 3.13. The summed E-state index contributed by atoms with van der Waals surface area (Å²) >= 11 is 1.64. The first-order valence-electron chi connectivity index (χ1n) is 4.62. The number of para-hydroxylation sites is 1. The lowest BCUT2D eigenvalue weighted by molar-refractivity contribution is 0.600. The first-order valence-corrected chi connectivity index (χ1v) is 7.46. The Morgan fingerprint density at radius 3 is 2.47 bits per heavy atom. The van der Waals surface area contributed by atoms with Crippen LogP contribution in [0.2, 0.25) is 0 Å². The molecular weight excluding hydrogens is 230 g/mol. The zero-order valence-corrected chi connectivity index (χ0v) is 10.7. The van der Waals surface area contributed by atoms with Gasteiger partial charge in [0, 0.05) is 11.9 Å². The van der Waals surface area contributed by atoms with Crippen molar-refractivity contribution in [1.82, 2.24) is 0 Å². The highest BCUT2D eigenvalue weighted by molar-refractivity contribution is 7.99. The van der Waals surface area contributed by atoms with E-state index in [1.54, 1.807) is 18.8 Å². The molecule has 0 N–H and O–H groups in total. The Morgan fingerprint density at radius 2 is 1.93 bits per heavy atom. The molecule has 0 spiro atoms. The van der Waals surface area contributed by atoms with E-state index >= 15 is 0 Å². The van der Waals surface area contributed by atoms with E-state index in [1.807, 2.05) is 31.2 Å². The first kappa shape index (κ1) is 12.4. The minimum Gasteiger partial charge on any atom is -0.272 e. The van der Waals surface area contributed by atoms with Crippen LogP contribution in [0.3, 0.4) is 0 Å². The lowest BCUT2D eigenvalue weighted by atomic mass is 10.3. The number of rotatable bonds is 4. The fourth-order valence-corrected chi connectivity index (χ4v) is 2.59. The Morgan fingerprint density at radius 1 is 1.33 bits per heavy atom. The monoisotopic (exact) mass is 245 g/mol. The Bertz CT molecular complexity index is 429. The van der Waals surface area contributed by atoms with Crippen molar-refractivity contribution >= 4 is 27.5 Å². The lowest BCUT2D eigenvalue weighted by Gasteiger charge is -2.19. The van der Waals surface area contributed by atoms with Crippen LogP contribution in [0.1, 0.15) is 6.92 Å². The molecule has 1 aromatic carbocycles. The van der Waals surface area contributed by atoms with Crippen LogP contribution in [-0.4, -0.2) is 27.5 Å². The summed E-state index contributed by atoms with van der Waals surface area (Å²) in [6.07, 6.45) is 1.21. The van der Waals surface area contributed by atoms with Gasteiger partial charge in [0.25, 0.3) is 0 Å². The second kappa shape index (κ2) is 4.90. The van der Waals surface area contributed by atoms with Crippen LogP contribution in [0.25, 0.3) is 0 Å². The van der Waals surface area contributed by atoms with E-state index in [1.165, 1.54) is 10.6 Å². The van der Waals surface area contributed by atoms with Gasteiger partial charge in [-0.2, -0.15) is 0 Å². The minimum absolute atomic E-state index is 0.742. The van der Waals surface area contributed by atoms with Gasteiger partial charge in [0.2, 0.25) is 10.0 Å². The van der Waals surface area contributed by atoms with Crippen LogP contribution in [0.4, 0.5) is 5.69 Å². The maximum Gasteiger partial charge on any atom is 0.232 e. The van der Waals surface area contributed by atoms with Gasteiger partial charge in [0.15, 0.2) is 0 Å². The fraction of sp³-hybridized carbons (Fsp3) is 0.400. The van der Waals surface area contributed by atoms with Gasteiger partial charge in [-0.15, -0.1) is 11.8 Å². The number of hydrogen-bond acceptors (Lipinski definition) is 3. The molecule has 0 saturated carbocycles. The van der Waals surface area contributed by atoms with E-state index in [2.05, 4.69) is 0 Å². The number of benzene rings is 1. The molecule has 3 nitrogen and oxygen atoms in total. The Hall–Kier alpha value is -0.680. The Kier molecular flexibility index (Phi) is 4.04. The van der Waals surface area contributed by atoms with Crippen molar-refractivity contribution < 1.29 is 8.42 Å². The van der Waals surface area contributed by atoms with Crippen LogP contribution >= 0.6 is 11.8 Å². The number of sulfonamides is 1. The van der Waals surface area contributed by atoms with Crippen molar-refractivity contribution in [1.29, 1.82) is 0 Å². The van der Waals surface area contributed by atoms with Gasteiger partial charge in [0.1, 0.15) is 0 Å². The number of nitrogens with zero attached hydrogens (tertiary/aromatic N) is 1. The summed E-state index contributed by atoms with van der Waals surface area (Å²) in [4.78, 5) is 0.993. The molecule has 0 amide bonds. The molecule has 0 aromatic heterocycles. The van der Waals surface area contributed by atoms with Crippen molar-refractivity contribution in [2.24, 2.45) is 0 Å². The fourth-order valence-electron chi connectivity index (χ4n) is 1.17. The van der Waals surface area contributed by atoms with Crippen LogP contribution in [-0.2, 0) is 10.0 Å². The van der Waals surface area contributed by atoms with Crippen molar-refractivity contribution in [3.8, 4) is 0 Å². The third-order valence-corrected chi connectivity index (χ3v) is 4.14. The molecule has 84 valence electrons. The largest absolute Gasteiger partial charge is 0.272 e. The minimum atomic E-state index is -3.18. The highest BCUT2D eigenvalue weighted by Crippen LogP contribution is 2.30. The zero-order valence-electron chi connectivity index (χ0n) is 9.10. The van der Waals surface area contributed by atoms with Gasteiger partial charge >= 0.3 is 0 Å². The molecule has 0 heterocycles. The molecule has 0 aliphatic carbocycles. The molecule has 0 atom stereocenters. The molecule has 1 rings (SSSR count). The number of thioether (sulfide) groups is 1. The smallest absolute Gasteiger partial charge is 0.232 e. The molecule has 0 bridgehead atoms. The van der Waals surface area contributed by atoms with Crippen molar-refractivity contribution in [3.63, 3.8) is 0 Å². The summed E-state index contributed by atoms with van der Waals surface area (Å²) < 4.78 is 24.1. The highest BCUT2D eigenvalue weighted by Gasteiger charge is 2.14. The summed E-state index contributed by atoms with van der Waals surface area (Å²) in [7, 11) is -1.60. The second-order valence-corrected chi connectivity index (χ2v) is 6.45. The Labute approximate surface area is 95.5 Å². The van der Waals surface area contributed by atoms with E-state index in [0.717, 1.165) is 16.3 Å². The van der Waals surface area contributed by atoms with Crippen molar-refractivity contribution in [2.45, 2.75) is 11.8 Å². The number of hydrogen-bond donors (Lipinski definition) is 0. The summed E-state index contributed by atoms with van der Waals surface area (Å²) in [5.74, 6) is 0.925. The summed E-state index contributed by atoms with van der Waals surface area (Å²) in [6.45, 7) is 2.04. The predicted molar refractivity (Wildman–Crippen MR) is 66.1 cm³/mol. The van der Waals surface area contributed by atoms with Gasteiger partial charge < -0.3 is 0 Å². The van der Waals surface area contributed by atoms with Gasteiger partial charge in [-0.25, -0.2) is 8.42 Å². The maximum atomic E-state index is 11.4. The normalized spacial score (nSPS) is 11.4. The summed E-state index contributed by atoms with van der Waals surface area (Å²) in [5, 5.41) is 0. The average molecular weight is 245 g/mol. The third kappa shape index (κ3) is 3.14. The van der Waals surface area contributed by atoms with E-state index in [9.17, 15) is 8.42 Å². The molecule has 15 heavy (non-hydrogen) atoms. The first-order chi connectivity index (χ1) is 6.96. The van der Waals surface area contributed by atoms with E-state index < -0.39 is 10.0 Å². The second-order valence-electron chi connectivity index (χ2n) is 3.13. The van der Waals surface area contributed by atoms with E-state index in [-0.39, 0.29) is 0 Å². The molecule has 5 heteroatoms. The van der Waals surface area contributed by atoms with Crippen LogP contribution in [0, 0.1) is 0 Å². The van der Waals surface area contributed by atoms with Crippen LogP contribution < -0.4 is 4.31 Å². The SMILES string of the molecule is CCSc1ccccc1N(C)S(C)(=O)=O. The predicted octanol–water partition coefficient (Wildman–Crippen LogP) is 2.19. The van der Waals surface area contributed by atoms with Gasteiger partial charge in [-0.05, 0) is 17.9 Å².